The standard InChI is InChI=1S/C25H20F4N4O3S/c1-24(9-11-37(35,36)14-24)31-23(34)16-2-7-19-20(12-16)33(18-5-3-17(26)4-6-18)32-22(19)15-8-10-30-21(13-15)25(27,28)29/h2-8,10,12-13H,9,11,14H2,1H3,(H,31,34)/t24-/m1/s1. The number of hydrogen-bond donors (Lipinski definition) is 1. The Balaban J connectivity index is 1.62. The minimum absolute atomic E-state index is 0.0185. The van der Waals surface area contributed by atoms with Crippen molar-refractivity contribution in [3.8, 4) is 16.9 Å². The number of carbonyl (C=O) groups excluding carboxylic acids is 1. The van der Waals surface area contributed by atoms with Gasteiger partial charge in [0.2, 0.25) is 0 Å². The van der Waals surface area contributed by atoms with E-state index in [2.05, 4.69) is 15.4 Å². The number of rotatable bonds is 4. The van der Waals surface area contributed by atoms with Crippen molar-refractivity contribution in [1.82, 2.24) is 20.1 Å². The Bertz CT molecular complexity index is 1630. The van der Waals surface area contributed by atoms with Crippen LogP contribution in [0.25, 0.3) is 27.8 Å². The summed E-state index contributed by atoms with van der Waals surface area (Å²) in [7, 11) is -3.25. The average Bonchev–Trinajstić information content (AvgIpc) is 3.35. The highest BCUT2D eigenvalue weighted by atomic mass is 32.2. The van der Waals surface area contributed by atoms with Crippen molar-refractivity contribution in [2.24, 2.45) is 0 Å². The summed E-state index contributed by atoms with van der Waals surface area (Å²) in [5.74, 6) is -1.17. The molecule has 1 aliphatic heterocycles. The first-order valence-electron chi connectivity index (χ1n) is 11.2. The van der Waals surface area contributed by atoms with Crippen molar-refractivity contribution in [3.05, 3.63) is 77.9 Å². The molecule has 192 valence electrons. The molecule has 0 bridgehead atoms. The fourth-order valence-electron chi connectivity index (χ4n) is 4.44. The van der Waals surface area contributed by atoms with Gasteiger partial charge in [-0.25, -0.2) is 17.5 Å². The molecular weight excluding hydrogens is 512 g/mol. The molecule has 12 heteroatoms. The van der Waals surface area contributed by atoms with Gasteiger partial charge in [0.25, 0.3) is 5.91 Å². The molecule has 7 nitrogen and oxygen atoms in total. The maximum atomic E-state index is 13.6. The van der Waals surface area contributed by atoms with E-state index < -0.39 is 39.0 Å². The van der Waals surface area contributed by atoms with E-state index in [4.69, 9.17) is 0 Å². The van der Waals surface area contributed by atoms with Crippen LogP contribution in [0.2, 0.25) is 0 Å². The van der Waals surface area contributed by atoms with E-state index in [0.717, 1.165) is 12.3 Å². The second-order valence-corrected chi connectivity index (χ2v) is 11.4. The van der Waals surface area contributed by atoms with Crippen LogP contribution in [0.3, 0.4) is 0 Å². The minimum Gasteiger partial charge on any atom is -0.346 e. The van der Waals surface area contributed by atoms with E-state index in [1.807, 2.05) is 0 Å². The first-order chi connectivity index (χ1) is 17.3. The predicted octanol–water partition coefficient (Wildman–Crippen LogP) is 4.55. The van der Waals surface area contributed by atoms with Gasteiger partial charge in [0.15, 0.2) is 9.84 Å². The second kappa shape index (κ2) is 8.65. The Morgan fingerprint density at radius 3 is 2.46 bits per heavy atom. The summed E-state index contributed by atoms with van der Waals surface area (Å²) in [4.78, 5) is 16.5. The van der Waals surface area contributed by atoms with Crippen molar-refractivity contribution in [2.45, 2.75) is 25.1 Å². The number of benzene rings is 2. The third kappa shape index (κ3) is 4.93. The number of nitrogens with zero attached hydrogens (tertiary/aromatic N) is 3. The summed E-state index contributed by atoms with van der Waals surface area (Å²) in [6.45, 7) is 1.66. The van der Waals surface area contributed by atoms with Crippen molar-refractivity contribution < 1.29 is 30.8 Å². The zero-order valence-corrected chi connectivity index (χ0v) is 20.2. The first-order valence-corrected chi connectivity index (χ1v) is 13.0. The first kappa shape index (κ1) is 24.9. The van der Waals surface area contributed by atoms with Crippen LogP contribution in [0.4, 0.5) is 17.6 Å². The van der Waals surface area contributed by atoms with Crippen LogP contribution < -0.4 is 5.32 Å². The monoisotopic (exact) mass is 532 g/mol. The summed E-state index contributed by atoms with van der Waals surface area (Å²) < 4.78 is 78.7. The Kier molecular flexibility index (Phi) is 5.81. The SMILES string of the molecule is C[C@@]1(NC(=O)c2ccc3c(-c4ccnc(C(F)(F)F)c4)nn(-c4ccc(F)cc4)c3c2)CCS(=O)(=O)C1. The topological polar surface area (TPSA) is 93.9 Å². The lowest BCUT2D eigenvalue weighted by Crippen LogP contribution is -2.46. The van der Waals surface area contributed by atoms with Gasteiger partial charge in [-0.15, -0.1) is 0 Å². The molecule has 2 aromatic carbocycles. The average molecular weight is 533 g/mol. The number of halogens is 4. The maximum Gasteiger partial charge on any atom is 0.433 e. The predicted molar refractivity (Wildman–Crippen MR) is 128 cm³/mol. The Labute approximate surface area is 209 Å². The molecular formula is C25H20F4N4O3S. The van der Waals surface area contributed by atoms with E-state index in [1.54, 1.807) is 13.0 Å². The van der Waals surface area contributed by atoms with Gasteiger partial charge in [-0.1, -0.05) is 0 Å². The van der Waals surface area contributed by atoms with Crippen LogP contribution in [0, 0.1) is 5.82 Å². The molecule has 1 amide bonds. The molecule has 0 unspecified atom stereocenters. The normalized spacial score (nSPS) is 19.3. The number of pyridine rings is 1. The molecule has 0 saturated carbocycles. The number of aromatic nitrogens is 3. The highest BCUT2D eigenvalue weighted by Gasteiger charge is 2.39. The Morgan fingerprint density at radius 2 is 1.81 bits per heavy atom. The third-order valence-corrected chi connectivity index (χ3v) is 8.16. The van der Waals surface area contributed by atoms with Gasteiger partial charge in [0.1, 0.15) is 17.2 Å². The lowest BCUT2D eigenvalue weighted by molar-refractivity contribution is -0.141. The van der Waals surface area contributed by atoms with E-state index in [0.29, 0.717) is 16.6 Å². The summed E-state index contributed by atoms with van der Waals surface area (Å²) in [5.41, 5.74) is -0.595. The van der Waals surface area contributed by atoms with Crippen LogP contribution in [0.5, 0.6) is 0 Å². The van der Waals surface area contributed by atoms with E-state index >= 15 is 0 Å². The minimum atomic E-state index is -4.65. The second-order valence-electron chi connectivity index (χ2n) is 9.25. The molecule has 1 atom stereocenters. The molecule has 0 aliphatic carbocycles. The maximum absolute atomic E-state index is 13.6. The third-order valence-electron chi connectivity index (χ3n) is 6.26. The quantitative estimate of drug-likeness (QED) is 0.389. The number of amides is 1. The molecule has 0 spiro atoms. The van der Waals surface area contributed by atoms with Crippen molar-refractivity contribution in [3.63, 3.8) is 0 Å². The number of carbonyl (C=O) groups is 1. The van der Waals surface area contributed by atoms with Crippen LogP contribution in [-0.2, 0) is 16.0 Å². The number of alkyl halides is 3. The molecule has 2 aromatic heterocycles. The van der Waals surface area contributed by atoms with Gasteiger partial charge in [0, 0.05) is 22.7 Å². The van der Waals surface area contributed by atoms with Gasteiger partial charge >= 0.3 is 6.18 Å². The van der Waals surface area contributed by atoms with E-state index in [-0.39, 0.29) is 34.7 Å². The van der Waals surface area contributed by atoms with Crippen LogP contribution >= 0.6 is 0 Å². The molecule has 3 heterocycles. The van der Waals surface area contributed by atoms with Crippen molar-refractivity contribution in [1.29, 1.82) is 0 Å². The molecule has 1 fully saturated rings. The highest BCUT2D eigenvalue weighted by molar-refractivity contribution is 7.91. The fourth-order valence-corrected chi connectivity index (χ4v) is 6.53. The van der Waals surface area contributed by atoms with Gasteiger partial charge in [-0.2, -0.15) is 18.3 Å². The molecule has 1 saturated heterocycles. The molecule has 1 N–H and O–H groups in total. The summed E-state index contributed by atoms with van der Waals surface area (Å²) in [6.07, 6.45) is -3.33. The largest absolute Gasteiger partial charge is 0.433 e. The highest BCUT2D eigenvalue weighted by Crippen LogP contribution is 2.34. The summed E-state index contributed by atoms with van der Waals surface area (Å²) in [6, 6.07) is 12.2. The number of nitrogens with one attached hydrogen (secondary N) is 1. The van der Waals surface area contributed by atoms with Gasteiger partial charge in [-0.3, -0.25) is 9.78 Å². The molecule has 1 aliphatic rings. The van der Waals surface area contributed by atoms with Crippen LogP contribution in [0.15, 0.2) is 60.8 Å². The molecule has 0 radical (unpaired) electrons. The van der Waals surface area contributed by atoms with Crippen molar-refractivity contribution in [2.75, 3.05) is 11.5 Å². The van der Waals surface area contributed by atoms with Crippen LogP contribution in [-0.4, -0.2) is 46.1 Å². The zero-order valence-electron chi connectivity index (χ0n) is 19.4. The number of sulfone groups is 1. The van der Waals surface area contributed by atoms with E-state index in [9.17, 15) is 30.8 Å². The molecule has 5 rings (SSSR count). The van der Waals surface area contributed by atoms with E-state index in [1.165, 1.54) is 47.1 Å². The lowest BCUT2D eigenvalue weighted by Gasteiger charge is -2.23. The van der Waals surface area contributed by atoms with Crippen molar-refractivity contribution >= 4 is 26.6 Å². The summed E-state index contributed by atoms with van der Waals surface area (Å²) >= 11 is 0. The zero-order chi connectivity index (χ0) is 26.6. The molecule has 4 aromatic rings. The van der Waals surface area contributed by atoms with Crippen LogP contribution in [0.1, 0.15) is 29.4 Å². The lowest BCUT2D eigenvalue weighted by atomic mass is 10.0. The summed E-state index contributed by atoms with van der Waals surface area (Å²) in [5, 5.41) is 7.75. The Hall–Kier alpha value is -3.80. The van der Waals surface area contributed by atoms with Gasteiger partial charge in [-0.05, 0) is 67.9 Å². The Morgan fingerprint density at radius 1 is 1.08 bits per heavy atom. The number of fused-ring (bicyclic) bond motifs is 1. The van der Waals surface area contributed by atoms with Gasteiger partial charge < -0.3 is 5.32 Å². The smallest absolute Gasteiger partial charge is 0.346 e. The fraction of sp³-hybridized carbons (Fsp3) is 0.240. The van der Waals surface area contributed by atoms with Gasteiger partial charge in [0.05, 0.1) is 28.2 Å². The molecule has 37 heavy (non-hydrogen) atoms. The number of hydrogen-bond acceptors (Lipinski definition) is 5.